The van der Waals surface area contributed by atoms with Gasteiger partial charge in [0.2, 0.25) is 21.8 Å². The average Bonchev–Trinajstić information content (AvgIpc) is 3.16. The first-order valence-corrected chi connectivity index (χ1v) is 10.6. The third-order valence-corrected chi connectivity index (χ3v) is 6.47. The van der Waals surface area contributed by atoms with Crippen molar-refractivity contribution in [3.63, 3.8) is 0 Å². The zero-order chi connectivity index (χ0) is 19.7. The van der Waals surface area contributed by atoms with Gasteiger partial charge in [-0.05, 0) is 36.4 Å². The Morgan fingerprint density at radius 1 is 1.04 bits per heavy atom. The predicted octanol–water partition coefficient (Wildman–Crippen LogP) is 3.09. The van der Waals surface area contributed by atoms with Gasteiger partial charge in [-0.1, -0.05) is 15.9 Å². The van der Waals surface area contributed by atoms with Crippen LogP contribution in [0, 0.1) is 0 Å². The predicted molar refractivity (Wildman–Crippen MR) is 104 cm³/mol. The van der Waals surface area contributed by atoms with Crippen LogP contribution < -0.4 is 9.47 Å². The molecule has 0 saturated heterocycles. The second-order valence-electron chi connectivity index (χ2n) is 6.07. The molecule has 2 heterocycles. The van der Waals surface area contributed by atoms with E-state index in [0.29, 0.717) is 30.6 Å². The molecule has 2 aromatic carbocycles. The molecule has 0 amide bonds. The van der Waals surface area contributed by atoms with E-state index >= 15 is 0 Å². The van der Waals surface area contributed by atoms with Crippen LogP contribution in [-0.4, -0.2) is 43.2 Å². The molecule has 4 rings (SSSR count). The number of hydrogen-bond acceptors (Lipinski definition) is 7. The lowest BCUT2D eigenvalue weighted by molar-refractivity contribution is 0.171. The molecule has 0 radical (unpaired) electrons. The fraction of sp³-hybridized carbons (Fsp3) is 0.222. The van der Waals surface area contributed by atoms with E-state index in [4.69, 9.17) is 13.9 Å². The van der Waals surface area contributed by atoms with Gasteiger partial charge in [-0.2, -0.15) is 4.31 Å². The number of rotatable bonds is 5. The molecule has 28 heavy (non-hydrogen) atoms. The van der Waals surface area contributed by atoms with E-state index in [0.717, 1.165) is 14.3 Å². The Balaban J connectivity index is 1.53. The maximum absolute atomic E-state index is 12.9. The number of nitrogens with zero attached hydrogens (tertiary/aromatic N) is 3. The number of sulfonamides is 1. The fourth-order valence-electron chi connectivity index (χ4n) is 2.67. The van der Waals surface area contributed by atoms with Crippen LogP contribution in [0.25, 0.3) is 11.5 Å². The highest BCUT2D eigenvalue weighted by Gasteiger charge is 2.25. The van der Waals surface area contributed by atoms with Gasteiger partial charge in [0.1, 0.15) is 13.2 Å². The number of aromatic nitrogens is 2. The lowest BCUT2D eigenvalue weighted by atomic mass is 10.2. The maximum atomic E-state index is 12.9. The van der Waals surface area contributed by atoms with Gasteiger partial charge in [-0.3, -0.25) is 0 Å². The summed E-state index contributed by atoms with van der Waals surface area (Å²) in [5, 5.41) is 7.94. The van der Waals surface area contributed by atoms with Crippen molar-refractivity contribution in [2.24, 2.45) is 0 Å². The molecular formula is C18H16BrN3O5S. The topological polar surface area (TPSA) is 94.8 Å². The van der Waals surface area contributed by atoms with E-state index in [-0.39, 0.29) is 17.3 Å². The molecule has 0 saturated carbocycles. The largest absolute Gasteiger partial charge is 0.486 e. The molecule has 1 aliphatic rings. The summed E-state index contributed by atoms with van der Waals surface area (Å²) in [5.41, 5.74) is 0.749. The molecule has 0 atom stereocenters. The van der Waals surface area contributed by atoms with Crippen LogP contribution in [0.1, 0.15) is 5.89 Å². The number of hydrogen-bond donors (Lipinski definition) is 0. The van der Waals surface area contributed by atoms with Gasteiger partial charge < -0.3 is 13.9 Å². The van der Waals surface area contributed by atoms with Gasteiger partial charge in [-0.25, -0.2) is 8.42 Å². The molecule has 10 heteroatoms. The Labute approximate surface area is 170 Å². The van der Waals surface area contributed by atoms with Crippen molar-refractivity contribution in [1.82, 2.24) is 14.5 Å². The Morgan fingerprint density at radius 2 is 1.75 bits per heavy atom. The molecule has 0 fully saturated rings. The smallest absolute Gasteiger partial charge is 0.247 e. The van der Waals surface area contributed by atoms with Gasteiger partial charge in [0, 0.05) is 23.2 Å². The van der Waals surface area contributed by atoms with Crippen molar-refractivity contribution in [3.8, 4) is 23.0 Å². The first-order chi connectivity index (χ1) is 13.4. The molecule has 0 unspecified atom stereocenters. The monoisotopic (exact) mass is 465 g/mol. The SMILES string of the molecule is CN(Cc1nnc(-c2ccc(Br)cc2)o1)S(=O)(=O)c1ccc2c(c1)OCCO2. The van der Waals surface area contributed by atoms with Crippen molar-refractivity contribution < 1.29 is 22.3 Å². The molecule has 0 N–H and O–H groups in total. The minimum absolute atomic E-state index is 0.0553. The zero-order valence-electron chi connectivity index (χ0n) is 14.8. The second-order valence-corrected chi connectivity index (χ2v) is 9.03. The third kappa shape index (κ3) is 3.75. The van der Waals surface area contributed by atoms with Gasteiger partial charge in [0.25, 0.3) is 0 Å². The van der Waals surface area contributed by atoms with Crippen molar-refractivity contribution in [3.05, 3.63) is 52.8 Å². The summed E-state index contributed by atoms with van der Waals surface area (Å²) in [4.78, 5) is 0.104. The van der Waals surface area contributed by atoms with Gasteiger partial charge in [0.05, 0.1) is 11.4 Å². The second kappa shape index (κ2) is 7.53. The molecule has 0 spiro atoms. The van der Waals surface area contributed by atoms with Gasteiger partial charge in [-0.15, -0.1) is 10.2 Å². The standard InChI is InChI=1S/C18H16BrN3O5S/c1-22(11-17-20-21-18(27-17)12-2-4-13(19)5-3-12)28(23,24)14-6-7-15-16(10-14)26-9-8-25-15/h2-7,10H,8-9,11H2,1H3. The van der Waals surface area contributed by atoms with E-state index in [1.807, 2.05) is 24.3 Å². The highest BCUT2D eigenvalue weighted by Crippen LogP contribution is 2.33. The summed E-state index contributed by atoms with van der Waals surface area (Å²) in [6, 6.07) is 11.9. The molecule has 0 aliphatic carbocycles. The first kappa shape index (κ1) is 18.9. The van der Waals surface area contributed by atoms with Crippen LogP contribution in [-0.2, 0) is 16.6 Å². The van der Waals surface area contributed by atoms with Crippen LogP contribution >= 0.6 is 15.9 Å². The summed E-state index contributed by atoms with van der Waals surface area (Å²) < 4.78 is 44.3. The Bertz CT molecular complexity index is 1100. The van der Waals surface area contributed by atoms with Crippen molar-refractivity contribution in [2.75, 3.05) is 20.3 Å². The quantitative estimate of drug-likeness (QED) is 0.571. The Hall–Kier alpha value is -2.43. The fourth-order valence-corrected chi connectivity index (χ4v) is 4.07. The Kier molecular flexibility index (Phi) is 5.09. The van der Waals surface area contributed by atoms with Crippen molar-refractivity contribution in [1.29, 1.82) is 0 Å². The van der Waals surface area contributed by atoms with Crippen LogP contribution in [0.5, 0.6) is 11.5 Å². The lowest BCUT2D eigenvalue weighted by Crippen LogP contribution is -2.27. The Morgan fingerprint density at radius 3 is 2.50 bits per heavy atom. The first-order valence-electron chi connectivity index (χ1n) is 8.38. The number of fused-ring (bicyclic) bond motifs is 1. The lowest BCUT2D eigenvalue weighted by Gasteiger charge is -2.20. The highest BCUT2D eigenvalue weighted by atomic mass is 79.9. The summed E-state index contributed by atoms with van der Waals surface area (Å²) >= 11 is 3.37. The molecule has 3 aromatic rings. The van der Waals surface area contributed by atoms with E-state index in [1.165, 1.54) is 19.2 Å². The number of ether oxygens (including phenoxy) is 2. The van der Waals surface area contributed by atoms with Crippen LogP contribution in [0.2, 0.25) is 0 Å². The summed E-state index contributed by atoms with van der Waals surface area (Å²) in [5.74, 6) is 1.47. The molecule has 146 valence electrons. The molecule has 0 bridgehead atoms. The van der Waals surface area contributed by atoms with Crippen LogP contribution in [0.15, 0.2) is 56.2 Å². The van der Waals surface area contributed by atoms with Crippen molar-refractivity contribution >= 4 is 26.0 Å². The molecule has 8 nitrogen and oxygen atoms in total. The average molecular weight is 466 g/mol. The van der Waals surface area contributed by atoms with Crippen LogP contribution in [0.4, 0.5) is 0 Å². The number of halogens is 1. The summed E-state index contributed by atoms with van der Waals surface area (Å²) in [7, 11) is -2.31. The summed E-state index contributed by atoms with van der Waals surface area (Å²) in [6.45, 7) is 0.768. The van der Waals surface area contributed by atoms with E-state index < -0.39 is 10.0 Å². The maximum Gasteiger partial charge on any atom is 0.247 e. The molecule has 1 aliphatic heterocycles. The minimum Gasteiger partial charge on any atom is -0.486 e. The molecular weight excluding hydrogens is 450 g/mol. The third-order valence-electron chi connectivity index (χ3n) is 4.14. The zero-order valence-corrected chi connectivity index (χ0v) is 17.2. The summed E-state index contributed by atoms with van der Waals surface area (Å²) in [6.07, 6.45) is 0. The number of benzene rings is 2. The highest BCUT2D eigenvalue weighted by molar-refractivity contribution is 9.10. The van der Waals surface area contributed by atoms with Crippen LogP contribution in [0.3, 0.4) is 0 Å². The van der Waals surface area contributed by atoms with E-state index in [9.17, 15) is 8.42 Å². The van der Waals surface area contributed by atoms with Gasteiger partial charge in [0.15, 0.2) is 11.5 Å². The molecule has 1 aromatic heterocycles. The van der Waals surface area contributed by atoms with Gasteiger partial charge >= 0.3 is 0 Å². The van der Waals surface area contributed by atoms with E-state index in [1.54, 1.807) is 6.07 Å². The van der Waals surface area contributed by atoms with E-state index in [2.05, 4.69) is 26.1 Å². The minimum atomic E-state index is -3.77. The van der Waals surface area contributed by atoms with Crippen molar-refractivity contribution in [2.45, 2.75) is 11.4 Å². The normalized spacial score (nSPS) is 13.7.